The van der Waals surface area contributed by atoms with Gasteiger partial charge in [0.05, 0.1) is 0 Å². The van der Waals surface area contributed by atoms with Gasteiger partial charge in [-0.25, -0.2) is 24.7 Å². The maximum absolute atomic E-state index is 11.6. The van der Waals surface area contributed by atoms with Crippen LogP contribution in [0.15, 0.2) is 27.4 Å². The van der Waals surface area contributed by atoms with E-state index in [1.54, 1.807) is 0 Å². The van der Waals surface area contributed by atoms with E-state index in [2.05, 4.69) is 20.2 Å². The Morgan fingerprint density at radius 3 is 2.84 bits per heavy atom. The van der Waals surface area contributed by atoms with Crippen molar-refractivity contribution in [3.63, 3.8) is 0 Å². The molecule has 0 amide bonds. The van der Waals surface area contributed by atoms with Gasteiger partial charge < -0.3 is 5.11 Å². The lowest BCUT2D eigenvalue weighted by molar-refractivity contribution is 0.0685. The van der Waals surface area contributed by atoms with Crippen molar-refractivity contribution >= 4 is 17.7 Å². The Bertz CT molecular complexity index is 690. The van der Waals surface area contributed by atoms with E-state index in [1.807, 2.05) is 0 Å². The summed E-state index contributed by atoms with van der Waals surface area (Å²) in [6.07, 6.45) is 4.57. The maximum Gasteiger partial charge on any atom is 0.357 e. The summed E-state index contributed by atoms with van der Waals surface area (Å²) in [6, 6.07) is 0.152. The van der Waals surface area contributed by atoms with Crippen molar-refractivity contribution in [1.82, 2.24) is 24.7 Å². The lowest BCUT2D eigenvalue weighted by Gasteiger charge is -2.04. The van der Waals surface area contributed by atoms with Gasteiger partial charge in [-0.1, -0.05) is 0 Å². The number of nitrogens with zero attached hydrogens (tertiary/aromatic N) is 4. The van der Waals surface area contributed by atoms with Crippen molar-refractivity contribution in [1.29, 1.82) is 0 Å². The van der Waals surface area contributed by atoms with Crippen LogP contribution in [0.4, 0.5) is 0 Å². The second-order valence-electron chi connectivity index (χ2n) is 4.03. The monoisotopic (exact) mass is 279 g/mol. The third kappa shape index (κ3) is 2.24. The summed E-state index contributed by atoms with van der Waals surface area (Å²) in [5.41, 5.74) is -0.434. The molecule has 3 rings (SSSR count). The fourth-order valence-corrected chi connectivity index (χ4v) is 2.59. The number of aromatic carboxylic acids is 1. The highest BCUT2D eigenvalue weighted by atomic mass is 32.2. The fourth-order valence-electron chi connectivity index (χ4n) is 1.65. The summed E-state index contributed by atoms with van der Waals surface area (Å²) in [4.78, 5) is 30.4. The van der Waals surface area contributed by atoms with E-state index in [0.717, 1.165) is 24.6 Å². The van der Waals surface area contributed by atoms with Gasteiger partial charge in [0.25, 0.3) is 0 Å². The number of hydrogen-bond acceptors (Lipinski definition) is 6. The minimum atomic E-state index is -1.16. The largest absolute Gasteiger partial charge is 0.476 e. The molecule has 2 aromatic rings. The molecule has 0 spiro atoms. The molecular weight excluding hydrogens is 270 g/mol. The van der Waals surface area contributed by atoms with Crippen LogP contribution < -0.4 is 5.69 Å². The number of aromatic nitrogens is 5. The summed E-state index contributed by atoms with van der Waals surface area (Å²) in [5.74, 6) is -1.16. The molecule has 19 heavy (non-hydrogen) atoms. The molecule has 0 unspecified atom stereocenters. The first kappa shape index (κ1) is 11.9. The lowest BCUT2D eigenvalue weighted by Crippen LogP contribution is -2.16. The molecule has 0 saturated heterocycles. The Morgan fingerprint density at radius 1 is 1.42 bits per heavy atom. The molecule has 1 saturated carbocycles. The SMILES string of the molecule is O=C(O)c1nccnc1Sc1n[nH]c(=O)n1C1CC1. The van der Waals surface area contributed by atoms with Crippen LogP contribution in [0.1, 0.15) is 29.4 Å². The molecular formula is C10H9N5O3S. The quantitative estimate of drug-likeness (QED) is 0.839. The van der Waals surface area contributed by atoms with Gasteiger partial charge in [0.2, 0.25) is 0 Å². The normalized spacial score (nSPS) is 14.5. The molecule has 0 aromatic carbocycles. The minimum Gasteiger partial charge on any atom is -0.476 e. The van der Waals surface area contributed by atoms with Crippen LogP contribution in [0.2, 0.25) is 0 Å². The van der Waals surface area contributed by atoms with E-state index in [-0.39, 0.29) is 22.5 Å². The van der Waals surface area contributed by atoms with Crippen molar-refractivity contribution < 1.29 is 9.90 Å². The van der Waals surface area contributed by atoms with Crippen molar-refractivity contribution in [2.45, 2.75) is 29.1 Å². The molecule has 2 N–H and O–H groups in total. The predicted octanol–water partition coefficient (Wildman–Crippen LogP) is 0.546. The van der Waals surface area contributed by atoms with Gasteiger partial charge in [-0.05, 0) is 24.6 Å². The highest BCUT2D eigenvalue weighted by Crippen LogP contribution is 2.37. The molecule has 0 aliphatic heterocycles. The van der Waals surface area contributed by atoms with Gasteiger partial charge in [0.15, 0.2) is 10.9 Å². The van der Waals surface area contributed by atoms with E-state index in [4.69, 9.17) is 5.11 Å². The van der Waals surface area contributed by atoms with Gasteiger partial charge >= 0.3 is 11.7 Å². The summed E-state index contributed by atoms with van der Waals surface area (Å²) < 4.78 is 1.53. The van der Waals surface area contributed by atoms with E-state index >= 15 is 0 Å². The van der Waals surface area contributed by atoms with Gasteiger partial charge in [-0.3, -0.25) is 4.57 Å². The third-order valence-electron chi connectivity index (χ3n) is 2.64. The number of aromatic amines is 1. The molecule has 0 atom stereocenters. The zero-order chi connectivity index (χ0) is 13.4. The molecule has 9 heteroatoms. The Balaban J connectivity index is 1.98. The summed E-state index contributed by atoms with van der Waals surface area (Å²) in [5, 5.41) is 15.9. The first-order valence-electron chi connectivity index (χ1n) is 5.56. The average Bonchev–Trinajstić information content (AvgIpc) is 3.15. The maximum atomic E-state index is 11.6. The predicted molar refractivity (Wildman–Crippen MR) is 64.2 cm³/mol. The van der Waals surface area contributed by atoms with Crippen LogP contribution in [-0.2, 0) is 0 Å². The lowest BCUT2D eigenvalue weighted by atomic mass is 10.5. The zero-order valence-corrected chi connectivity index (χ0v) is 10.4. The number of carboxylic acid groups (broad SMARTS) is 1. The number of carboxylic acids is 1. The van der Waals surface area contributed by atoms with Crippen LogP contribution in [0.25, 0.3) is 0 Å². The van der Waals surface area contributed by atoms with Crippen molar-refractivity contribution in [2.24, 2.45) is 0 Å². The molecule has 0 radical (unpaired) electrons. The topological polar surface area (TPSA) is 114 Å². The van der Waals surface area contributed by atoms with Crippen LogP contribution >= 0.6 is 11.8 Å². The van der Waals surface area contributed by atoms with E-state index in [1.165, 1.54) is 17.0 Å². The smallest absolute Gasteiger partial charge is 0.357 e. The summed E-state index contributed by atoms with van der Waals surface area (Å²) in [6.45, 7) is 0. The first-order valence-corrected chi connectivity index (χ1v) is 6.37. The second kappa shape index (κ2) is 4.50. The second-order valence-corrected chi connectivity index (χ2v) is 4.99. The Morgan fingerprint density at radius 2 is 2.16 bits per heavy atom. The molecule has 1 aliphatic rings. The molecule has 98 valence electrons. The van der Waals surface area contributed by atoms with Crippen molar-refractivity contribution in [2.75, 3.05) is 0 Å². The molecule has 2 aromatic heterocycles. The van der Waals surface area contributed by atoms with Crippen LogP contribution in [0.3, 0.4) is 0 Å². The molecule has 8 nitrogen and oxygen atoms in total. The summed E-state index contributed by atoms with van der Waals surface area (Å²) in [7, 11) is 0. The van der Waals surface area contributed by atoms with Crippen LogP contribution in [0.5, 0.6) is 0 Å². The minimum absolute atomic E-state index is 0.148. The van der Waals surface area contributed by atoms with E-state index < -0.39 is 5.97 Å². The number of hydrogen-bond donors (Lipinski definition) is 2. The molecule has 2 heterocycles. The van der Waals surface area contributed by atoms with Crippen LogP contribution in [-0.4, -0.2) is 35.8 Å². The Hall–Kier alpha value is -2.16. The Kier molecular flexibility index (Phi) is 2.82. The van der Waals surface area contributed by atoms with Gasteiger partial charge in [0, 0.05) is 18.4 Å². The highest BCUT2D eigenvalue weighted by Gasteiger charge is 2.29. The van der Waals surface area contributed by atoms with Gasteiger partial charge in [0.1, 0.15) is 5.03 Å². The first-order chi connectivity index (χ1) is 9.16. The summed E-state index contributed by atoms with van der Waals surface area (Å²) >= 11 is 1.02. The van der Waals surface area contributed by atoms with E-state index in [9.17, 15) is 9.59 Å². The molecule has 1 fully saturated rings. The number of H-pyrrole nitrogens is 1. The zero-order valence-electron chi connectivity index (χ0n) is 9.61. The van der Waals surface area contributed by atoms with Crippen LogP contribution in [0, 0.1) is 0 Å². The van der Waals surface area contributed by atoms with Crippen molar-refractivity contribution in [3.05, 3.63) is 28.6 Å². The third-order valence-corrected chi connectivity index (χ3v) is 3.60. The number of rotatable bonds is 4. The fraction of sp³-hybridized carbons (Fsp3) is 0.300. The van der Waals surface area contributed by atoms with Gasteiger partial charge in [-0.2, -0.15) is 0 Å². The standard InChI is InChI=1S/C10H9N5O3S/c16-8(17)6-7(12-4-3-11-6)19-10-14-13-9(18)15(10)5-1-2-5/h3-5H,1-2H2,(H,13,18)(H,16,17). The molecule has 1 aliphatic carbocycles. The molecule has 0 bridgehead atoms. The number of carbonyl (C=O) groups is 1. The average molecular weight is 279 g/mol. The van der Waals surface area contributed by atoms with Crippen molar-refractivity contribution in [3.8, 4) is 0 Å². The van der Waals surface area contributed by atoms with Gasteiger partial charge in [-0.15, -0.1) is 5.10 Å². The number of nitrogens with one attached hydrogen (secondary N) is 1. The highest BCUT2D eigenvalue weighted by molar-refractivity contribution is 7.99. The van der Waals surface area contributed by atoms with E-state index in [0.29, 0.717) is 5.16 Å². The Labute approximate surface area is 110 Å².